The molecule has 31 heavy (non-hydrogen) atoms. The summed E-state index contributed by atoms with van der Waals surface area (Å²) in [4.78, 5) is 50.3. The summed E-state index contributed by atoms with van der Waals surface area (Å²) < 4.78 is 10.6. The average Bonchev–Trinajstić information content (AvgIpc) is 3.01. The molecule has 0 saturated carbocycles. The molecule has 1 aromatic heterocycles. The summed E-state index contributed by atoms with van der Waals surface area (Å²) in [5.41, 5.74) is 1.97. The summed E-state index contributed by atoms with van der Waals surface area (Å²) >= 11 is 0. The highest BCUT2D eigenvalue weighted by Crippen LogP contribution is 2.25. The van der Waals surface area contributed by atoms with Gasteiger partial charge < -0.3 is 9.15 Å². The number of amides is 2. The van der Waals surface area contributed by atoms with E-state index in [1.165, 1.54) is 30.3 Å². The Bertz CT molecular complexity index is 1300. The fraction of sp³-hybridized carbons (Fsp3) is 0.167. The second-order valence-electron chi connectivity index (χ2n) is 7.12. The van der Waals surface area contributed by atoms with Crippen molar-refractivity contribution in [2.75, 3.05) is 6.54 Å². The van der Waals surface area contributed by atoms with Gasteiger partial charge in [0.15, 0.2) is 0 Å². The van der Waals surface area contributed by atoms with Crippen molar-refractivity contribution >= 4 is 28.8 Å². The Kier molecular flexibility index (Phi) is 5.25. The minimum absolute atomic E-state index is 0.0928. The fourth-order valence-electron chi connectivity index (χ4n) is 3.55. The maximum absolute atomic E-state index is 12.6. The fourth-order valence-corrected chi connectivity index (χ4v) is 3.55. The molecule has 0 aliphatic carbocycles. The SMILES string of the molecule is C=CCN1C(=O)c2ccc(C(=O)OCc3cc(=O)oc4cc(CC)ccc34)cc2C1=O. The number of esters is 1. The van der Waals surface area contributed by atoms with Crippen LogP contribution in [0.4, 0.5) is 0 Å². The molecule has 2 aromatic carbocycles. The summed E-state index contributed by atoms with van der Waals surface area (Å²) in [5.74, 6) is -1.57. The Morgan fingerprint density at radius 3 is 2.58 bits per heavy atom. The summed E-state index contributed by atoms with van der Waals surface area (Å²) in [6, 6.07) is 11.1. The zero-order valence-corrected chi connectivity index (χ0v) is 16.8. The molecule has 0 saturated heterocycles. The number of aryl methyl sites for hydroxylation is 1. The quantitative estimate of drug-likeness (QED) is 0.264. The number of rotatable bonds is 6. The van der Waals surface area contributed by atoms with Crippen LogP contribution in [-0.4, -0.2) is 29.2 Å². The average molecular weight is 417 g/mol. The third-order valence-corrected chi connectivity index (χ3v) is 5.18. The third-order valence-electron chi connectivity index (χ3n) is 5.18. The van der Waals surface area contributed by atoms with E-state index in [0.29, 0.717) is 16.5 Å². The second kappa shape index (κ2) is 8.02. The lowest BCUT2D eigenvalue weighted by Gasteiger charge is -2.09. The van der Waals surface area contributed by atoms with Crippen molar-refractivity contribution in [1.82, 2.24) is 4.90 Å². The van der Waals surface area contributed by atoms with Gasteiger partial charge in [-0.3, -0.25) is 14.5 Å². The van der Waals surface area contributed by atoms with E-state index < -0.39 is 23.4 Å². The van der Waals surface area contributed by atoms with E-state index >= 15 is 0 Å². The van der Waals surface area contributed by atoms with Crippen molar-refractivity contribution in [3.63, 3.8) is 0 Å². The molecule has 3 aromatic rings. The number of hydrogen-bond donors (Lipinski definition) is 0. The molecule has 1 aliphatic rings. The number of nitrogens with zero attached hydrogens (tertiary/aromatic N) is 1. The molecule has 0 fully saturated rings. The van der Waals surface area contributed by atoms with Crippen LogP contribution in [0.5, 0.6) is 0 Å². The van der Waals surface area contributed by atoms with Crippen LogP contribution in [-0.2, 0) is 17.8 Å². The van der Waals surface area contributed by atoms with Crippen LogP contribution in [0.2, 0.25) is 0 Å². The lowest BCUT2D eigenvalue weighted by atomic mass is 10.1. The zero-order valence-electron chi connectivity index (χ0n) is 16.8. The molecule has 7 nitrogen and oxygen atoms in total. The van der Waals surface area contributed by atoms with E-state index in [0.717, 1.165) is 16.9 Å². The van der Waals surface area contributed by atoms with Crippen LogP contribution < -0.4 is 5.63 Å². The van der Waals surface area contributed by atoms with E-state index in [9.17, 15) is 19.2 Å². The lowest BCUT2D eigenvalue weighted by Crippen LogP contribution is -2.29. The van der Waals surface area contributed by atoms with E-state index in [2.05, 4.69) is 6.58 Å². The Hall–Kier alpha value is -4.00. The Balaban J connectivity index is 1.57. The van der Waals surface area contributed by atoms with Gasteiger partial charge in [-0.1, -0.05) is 25.1 Å². The molecule has 4 rings (SSSR count). The summed E-state index contributed by atoms with van der Waals surface area (Å²) in [7, 11) is 0. The van der Waals surface area contributed by atoms with Gasteiger partial charge in [-0.25, -0.2) is 9.59 Å². The molecule has 0 N–H and O–H groups in total. The standard InChI is InChI=1S/C24H19NO6/c1-3-9-25-22(27)18-8-6-15(11-19(18)23(25)28)24(29)30-13-16-12-21(26)31-20-10-14(4-2)5-7-17(16)20/h3,5-8,10-12H,1,4,9,13H2,2H3. The normalized spacial score (nSPS) is 12.9. The smallest absolute Gasteiger partial charge is 0.338 e. The van der Waals surface area contributed by atoms with Gasteiger partial charge in [-0.05, 0) is 36.2 Å². The number of ether oxygens (including phenoxy) is 1. The van der Waals surface area contributed by atoms with E-state index in [1.807, 2.05) is 19.1 Å². The minimum atomic E-state index is -0.670. The molecule has 156 valence electrons. The molecule has 2 amide bonds. The Morgan fingerprint density at radius 1 is 1.06 bits per heavy atom. The highest BCUT2D eigenvalue weighted by molar-refractivity contribution is 6.22. The Morgan fingerprint density at radius 2 is 1.84 bits per heavy atom. The van der Waals surface area contributed by atoms with Crippen LogP contribution in [0.15, 0.2) is 64.3 Å². The monoisotopic (exact) mass is 417 g/mol. The van der Waals surface area contributed by atoms with Crippen molar-refractivity contribution in [3.05, 3.63) is 93.4 Å². The molecule has 0 bridgehead atoms. The maximum Gasteiger partial charge on any atom is 0.338 e. The molecule has 1 aliphatic heterocycles. The largest absolute Gasteiger partial charge is 0.457 e. The van der Waals surface area contributed by atoms with Gasteiger partial charge in [-0.2, -0.15) is 0 Å². The topological polar surface area (TPSA) is 93.9 Å². The van der Waals surface area contributed by atoms with Gasteiger partial charge in [0, 0.05) is 23.6 Å². The summed E-state index contributed by atoms with van der Waals surface area (Å²) in [6.07, 6.45) is 2.25. The molecular formula is C24H19NO6. The predicted molar refractivity (Wildman–Crippen MR) is 113 cm³/mol. The van der Waals surface area contributed by atoms with Crippen LogP contribution >= 0.6 is 0 Å². The molecule has 0 atom stereocenters. The molecule has 0 radical (unpaired) electrons. The Labute approximate surface area is 177 Å². The summed E-state index contributed by atoms with van der Waals surface area (Å²) in [6.45, 7) is 5.49. The first-order chi connectivity index (χ1) is 14.9. The molecule has 0 spiro atoms. The van der Waals surface area contributed by atoms with Crippen LogP contribution in [0.1, 0.15) is 49.1 Å². The second-order valence-corrected chi connectivity index (χ2v) is 7.12. The van der Waals surface area contributed by atoms with E-state index in [1.54, 1.807) is 6.07 Å². The first kappa shape index (κ1) is 20.3. The lowest BCUT2D eigenvalue weighted by molar-refractivity contribution is 0.0473. The number of benzene rings is 2. The van der Waals surface area contributed by atoms with Crippen LogP contribution in [0.25, 0.3) is 11.0 Å². The third kappa shape index (κ3) is 3.66. The van der Waals surface area contributed by atoms with Crippen molar-refractivity contribution in [1.29, 1.82) is 0 Å². The van der Waals surface area contributed by atoms with Gasteiger partial charge in [-0.15, -0.1) is 6.58 Å². The first-order valence-electron chi connectivity index (χ1n) is 9.77. The number of hydrogen-bond acceptors (Lipinski definition) is 6. The van der Waals surface area contributed by atoms with Gasteiger partial charge in [0.25, 0.3) is 11.8 Å². The van der Waals surface area contributed by atoms with Gasteiger partial charge >= 0.3 is 11.6 Å². The zero-order chi connectivity index (χ0) is 22.1. The molecule has 0 unspecified atom stereocenters. The van der Waals surface area contributed by atoms with E-state index in [4.69, 9.17) is 9.15 Å². The van der Waals surface area contributed by atoms with Crippen molar-refractivity contribution in [2.45, 2.75) is 20.0 Å². The summed E-state index contributed by atoms with van der Waals surface area (Å²) in [5, 5.41) is 0.680. The first-order valence-corrected chi connectivity index (χ1v) is 9.77. The van der Waals surface area contributed by atoms with Gasteiger partial charge in [0.1, 0.15) is 12.2 Å². The van der Waals surface area contributed by atoms with Crippen LogP contribution in [0.3, 0.4) is 0 Å². The number of carbonyl (C=O) groups is 3. The van der Waals surface area contributed by atoms with Gasteiger partial charge in [0.05, 0.1) is 16.7 Å². The number of imide groups is 1. The number of carbonyl (C=O) groups excluding carboxylic acids is 3. The highest BCUT2D eigenvalue weighted by Gasteiger charge is 2.35. The van der Waals surface area contributed by atoms with Crippen molar-refractivity contribution in [2.24, 2.45) is 0 Å². The van der Waals surface area contributed by atoms with Crippen molar-refractivity contribution in [3.8, 4) is 0 Å². The van der Waals surface area contributed by atoms with Crippen molar-refractivity contribution < 1.29 is 23.5 Å². The molecule has 2 heterocycles. The predicted octanol–water partition coefficient (Wildman–Crippen LogP) is 3.49. The van der Waals surface area contributed by atoms with Crippen LogP contribution in [0, 0.1) is 0 Å². The number of fused-ring (bicyclic) bond motifs is 2. The molecule has 7 heteroatoms. The minimum Gasteiger partial charge on any atom is -0.457 e. The highest BCUT2D eigenvalue weighted by atomic mass is 16.5. The maximum atomic E-state index is 12.6. The van der Waals surface area contributed by atoms with Gasteiger partial charge in [0.2, 0.25) is 0 Å². The van der Waals surface area contributed by atoms with E-state index in [-0.39, 0.29) is 29.8 Å². The molecular weight excluding hydrogens is 398 g/mol.